The molecule has 8 nitrogen and oxygen atoms in total. The molecule has 1 unspecified atom stereocenters. The highest BCUT2D eigenvalue weighted by Crippen LogP contribution is 2.34. The second-order valence-electron chi connectivity index (χ2n) is 5.04. The zero-order valence-electron chi connectivity index (χ0n) is 11.7. The van der Waals surface area contributed by atoms with Gasteiger partial charge in [-0.05, 0) is 19.3 Å². The zero-order chi connectivity index (χ0) is 14.9. The van der Waals surface area contributed by atoms with Crippen LogP contribution in [-0.2, 0) is 18.3 Å². The number of anilines is 1. The van der Waals surface area contributed by atoms with Crippen LogP contribution in [0.2, 0.25) is 0 Å². The number of hydrogen-bond acceptors (Lipinski definition) is 5. The summed E-state index contributed by atoms with van der Waals surface area (Å²) >= 11 is 0. The molecule has 1 aromatic rings. The predicted molar refractivity (Wildman–Crippen MR) is 73.4 cm³/mol. The maximum atomic E-state index is 11.3. The van der Waals surface area contributed by atoms with Crippen LogP contribution in [0.5, 0.6) is 0 Å². The molecular weight excluding hydrogens is 262 g/mol. The molecule has 110 valence electrons. The van der Waals surface area contributed by atoms with Crippen molar-refractivity contribution in [2.24, 2.45) is 18.7 Å². The number of rotatable bonds is 4. The maximum Gasteiger partial charge on any atom is 0.334 e. The molecule has 1 amide bonds. The lowest BCUT2D eigenvalue weighted by Gasteiger charge is -2.31. The van der Waals surface area contributed by atoms with Gasteiger partial charge in [0.05, 0.1) is 10.8 Å². The fourth-order valence-electron chi connectivity index (χ4n) is 2.74. The molecule has 20 heavy (non-hydrogen) atoms. The Morgan fingerprint density at radius 2 is 2.30 bits per heavy atom. The fourth-order valence-corrected chi connectivity index (χ4v) is 2.74. The number of carbonyl (C=O) groups excluding carboxylic acids is 1. The first kappa shape index (κ1) is 14.3. The Morgan fingerprint density at radius 1 is 1.60 bits per heavy atom. The number of amides is 1. The van der Waals surface area contributed by atoms with E-state index in [4.69, 9.17) is 5.73 Å². The molecule has 0 aliphatic carbocycles. The summed E-state index contributed by atoms with van der Waals surface area (Å²) < 4.78 is 1.53. The summed E-state index contributed by atoms with van der Waals surface area (Å²) in [5.41, 5.74) is 5.86. The van der Waals surface area contributed by atoms with Gasteiger partial charge < -0.3 is 10.6 Å². The third-order valence-corrected chi connectivity index (χ3v) is 3.70. The molecular formula is C12H19N5O3. The van der Waals surface area contributed by atoms with E-state index in [1.807, 2.05) is 11.8 Å². The highest BCUT2D eigenvalue weighted by atomic mass is 16.6. The van der Waals surface area contributed by atoms with E-state index >= 15 is 0 Å². The van der Waals surface area contributed by atoms with Gasteiger partial charge in [0.15, 0.2) is 0 Å². The zero-order valence-corrected chi connectivity index (χ0v) is 11.7. The van der Waals surface area contributed by atoms with Crippen LogP contribution in [0.15, 0.2) is 0 Å². The van der Waals surface area contributed by atoms with Crippen molar-refractivity contribution in [3.8, 4) is 0 Å². The van der Waals surface area contributed by atoms with Crippen molar-refractivity contribution in [3.63, 3.8) is 0 Å². The van der Waals surface area contributed by atoms with Gasteiger partial charge in [0.1, 0.15) is 5.69 Å². The van der Waals surface area contributed by atoms with Crippen LogP contribution >= 0.6 is 0 Å². The van der Waals surface area contributed by atoms with E-state index in [-0.39, 0.29) is 17.5 Å². The number of aromatic nitrogens is 2. The summed E-state index contributed by atoms with van der Waals surface area (Å²) in [4.78, 5) is 24.1. The van der Waals surface area contributed by atoms with Gasteiger partial charge in [-0.3, -0.25) is 14.9 Å². The number of nitrogens with two attached hydrogens (primary N) is 1. The summed E-state index contributed by atoms with van der Waals surface area (Å²) in [7, 11) is 1.69. The van der Waals surface area contributed by atoms with Crippen molar-refractivity contribution in [1.29, 1.82) is 0 Å². The SMILES string of the molecule is CCc1nn(C)c(N2CCCC(C(N)=O)C2)c1[N+](=O)[O-]. The fraction of sp³-hybridized carbons (Fsp3) is 0.667. The number of carbonyl (C=O) groups is 1. The quantitative estimate of drug-likeness (QED) is 0.642. The lowest BCUT2D eigenvalue weighted by molar-refractivity contribution is -0.384. The van der Waals surface area contributed by atoms with Crippen LogP contribution in [0, 0.1) is 16.0 Å². The Hall–Kier alpha value is -2.12. The first-order valence-electron chi connectivity index (χ1n) is 6.70. The average Bonchev–Trinajstić information content (AvgIpc) is 2.75. The van der Waals surface area contributed by atoms with Crippen molar-refractivity contribution in [2.45, 2.75) is 26.2 Å². The second-order valence-corrected chi connectivity index (χ2v) is 5.04. The second kappa shape index (κ2) is 5.48. The van der Waals surface area contributed by atoms with E-state index in [0.717, 1.165) is 12.8 Å². The number of nitrogens with zero attached hydrogens (tertiary/aromatic N) is 4. The van der Waals surface area contributed by atoms with Crippen LogP contribution in [0.1, 0.15) is 25.5 Å². The molecule has 0 radical (unpaired) electrons. The van der Waals surface area contributed by atoms with E-state index in [0.29, 0.717) is 31.0 Å². The number of nitro groups is 1. The lowest BCUT2D eigenvalue weighted by atomic mass is 9.97. The topological polar surface area (TPSA) is 107 Å². The Morgan fingerprint density at radius 3 is 2.85 bits per heavy atom. The molecule has 8 heteroatoms. The molecule has 2 rings (SSSR count). The summed E-state index contributed by atoms with van der Waals surface area (Å²) in [6.45, 7) is 2.92. The monoisotopic (exact) mass is 281 g/mol. The smallest absolute Gasteiger partial charge is 0.334 e. The Balaban J connectivity index is 2.39. The van der Waals surface area contributed by atoms with E-state index < -0.39 is 4.92 Å². The molecule has 1 aliphatic heterocycles. The number of hydrogen-bond donors (Lipinski definition) is 1. The largest absolute Gasteiger partial charge is 0.369 e. The minimum Gasteiger partial charge on any atom is -0.369 e. The molecule has 0 spiro atoms. The molecule has 1 aliphatic rings. The third kappa shape index (κ3) is 2.45. The van der Waals surface area contributed by atoms with Crippen molar-refractivity contribution in [2.75, 3.05) is 18.0 Å². The van der Waals surface area contributed by atoms with E-state index in [1.54, 1.807) is 7.05 Å². The number of piperidine rings is 1. The van der Waals surface area contributed by atoms with Gasteiger partial charge in [-0.15, -0.1) is 0 Å². The first-order valence-corrected chi connectivity index (χ1v) is 6.70. The van der Waals surface area contributed by atoms with Gasteiger partial charge in [0, 0.05) is 20.1 Å². The highest BCUT2D eigenvalue weighted by Gasteiger charge is 2.33. The van der Waals surface area contributed by atoms with Crippen LogP contribution in [0.4, 0.5) is 11.5 Å². The Labute approximate surface area is 116 Å². The minimum absolute atomic E-state index is 0.0418. The van der Waals surface area contributed by atoms with Crippen molar-refractivity contribution < 1.29 is 9.72 Å². The normalized spacial score (nSPS) is 19.1. The molecule has 1 atom stereocenters. The van der Waals surface area contributed by atoms with E-state index in [2.05, 4.69) is 5.10 Å². The van der Waals surface area contributed by atoms with Crippen LogP contribution in [0.3, 0.4) is 0 Å². The van der Waals surface area contributed by atoms with Gasteiger partial charge in [-0.25, -0.2) is 4.68 Å². The minimum atomic E-state index is -0.394. The standard InChI is InChI=1S/C12H19N5O3/c1-3-9-10(17(19)20)12(15(2)14-9)16-6-4-5-8(7-16)11(13)18/h8H,3-7H2,1-2H3,(H2,13,18). The molecule has 1 fully saturated rings. The van der Waals surface area contributed by atoms with Crippen molar-refractivity contribution in [3.05, 3.63) is 15.8 Å². The van der Waals surface area contributed by atoms with Crippen molar-refractivity contribution >= 4 is 17.4 Å². The van der Waals surface area contributed by atoms with Crippen molar-refractivity contribution in [1.82, 2.24) is 9.78 Å². The molecule has 0 aromatic carbocycles. The summed E-state index contributed by atoms with van der Waals surface area (Å²) in [5.74, 6) is -0.142. The summed E-state index contributed by atoms with van der Waals surface area (Å²) in [6.07, 6.45) is 2.02. The summed E-state index contributed by atoms with van der Waals surface area (Å²) in [6, 6.07) is 0. The van der Waals surface area contributed by atoms with Crippen LogP contribution < -0.4 is 10.6 Å². The Kier molecular flexibility index (Phi) is 3.91. The molecule has 2 N–H and O–H groups in total. The van der Waals surface area contributed by atoms with Crippen LogP contribution in [-0.4, -0.2) is 33.7 Å². The number of aryl methyl sites for hydroxylation is 2. The first-order chi connectivity index (χ1) is 9.45. The van der Waals surface area contributed by atoms with Crippen LogP contribution in [0.25, 0.3) is 0 Å². The van der Waals surface area contributed by atoms with E-state index in [1.165, 1.54) is 4.68 Å². The molecule has 0 bridgehead atoms. The lowest BCUT2D eigenvalue weighted by Crippen LogP contribution is -2.42. The number of primary amides is 1. The Bertz CT molecular complexity index is 539. The van der Waals surface area contributed by atoms with Gasteiger partial charge in [0.25, 0.3) is 0 Å². The maximum absolute atomic E-state index is 11.3. The van der Waals surface area contributed by atoms with E-state index in [9.17, 15) is 14.9 Å². The third-order valence-electron chi connectivity index (χ3n) is 3.70. The molecule has 1 saturated heterocycles. The molecule has 2 heterocycles. The average molecular weight is 281 g/mol. The van der Waals surface area contributed by atoms with Gasteiger partial charge >= 0.3 is 5.69 Å². The van der Waals surface area contributed by atoms with Gasteiger partial charge in [-0.2, -0.15) is 5.10 Å². The predicted octanol–water partition coefficient (Wildman–Crippen LogP) is 0.592. The summed E-state index contributed by atoms with van der Waals surface area (Å²) in [5, 5.41) is 15.5. The molecule has 1 aromatic heterocycles. The van der Waals surface area contributed by atoms with Gasteiger partial charge in [-0.1, -0.05) is 6.92 Å². The molecule has 0 saturated carbocycles. The highest BCUT2D eigenvalue weighted by molar-refractivity contribution is 5.78. The van der Waals surface area contributed by atoms with Gasteiger partial charge in [0.2, 0.25) is 11.7 Å².